The molecule has 0 saturated heterocycles. The van der Waals surface area contributed by atoms with Crippen molar-refractivity contribution in [1.29, 1.82) is 0 Å². The van der Waals surface area contributed by atoms with Crippen molar-refractivity contribution in [1.82, 2.24) is 10.2 Å². The van der Waals surface area contributed by atoms with E-state index in [1.807, 2.05) is 0 Å². The van der Waals surface area contributed by atoms with Gasteiger partial charge in [-0.2, -0.15) is 0 Å². The first kappa shape index (κ1) is 17.0. The summed E-state index contributed by atoms with van der Waals surface area (Å²) in [5.74, 6) is 1.73. The van der Waals surface area contributed by atoms with Crippen LogP contribution in [0.1, 0.15) is 65.7 Å². The minimum atomic E-state index is 0.662. The van der Waals surface area contributed by atoms with Crippen molar-refractivity contribution in [3.05, 3.63) is 0 Å². The third-order valence-corrected chi connectivity index (χ3v) is 4.83. The van der Waals surface area contributed by atoms with E-state index < -0.39 is 0 Å². The molecule has 19 heavy (non-hydrogen) atoms. The lowest BCUT2D eigenvalue weighted by molar-refractivity contribution is 0.216. The Bertz CT molecular complexity index is 217. The summed E-state index contributed by atoms with van der Waals surface area (Å²) >= 11 is 0. The van der Waals surface area contributed by atoms with E-state index in [0.29, 0.717) is 6.04 Å². The molecule has 1 rings (SSSR count). The van der Waals surface area contributed by atoms with Gasteiger partial charge in [-0.05, 0) is 45.2 Å². The first-order chi connectivity index (χ1) is 9.04. The smallest absolute Gasteiger partial charge is 0.0237 e. The van der Waals surface area contributed by atoms with Crippen LogP contribution in [0.3, 0.4) is 0 Å². The Balaban J connectivity index is 2.32. The zero-order valence-electron chi connectivity index (χ0n) is 13.9. The van der Waals surface area contributed by atoms with Crippen LogP contribution >= 0.6 is 0 Å². The molecule has 3 unspecified atom stereocenters. The van der Waals surface area contributed by atoms with Crippen molar-refractivity contribution in [3.63, 3.8) is 0 Å². The van der Waals surface area contributed by atoms with Gasteiger partial charge in [0.25, 0.3) is 0 Å². The number of rotatable bonds is 7. The normalized spacial score (nSPS) is 26.7. The second kappa shape index (κ2) is 8.97. The Labute approximate surface area is 121 Å². The highest BCUT2D eigenvalue weighted by Gasteiger charge is 2.21. The van der Waals surface area contributed by atoms with Crippen LogP contribution in [0, 0.1) is 11.8 Å². The first-order valence-electron chi connectivity index (χ1n) is 8.44. The number of hydrogen-bond donors (Lipinski definition) is 1. The lowest BCUT2D eigenvalue weighted by atomic mass is 9.95. The van der Waals surface area contributed by atoms with E-state index in [0.717, 1.165) is 24.4 Å². The molecule has 3 atom stereocenters. The molecule has 2 nitrogen and oxygen atoms in total. The van der Waals surface area contributed by atoms with Crippen molar-refractivity contribution < 1.29 is 0 Å². The zero-order valence-corrected chi connectivity index (χ0v) is 13.9. The molecule has 0 spiro atoms. The summed E-state index contributed by atoms with van der Waals surface area (Å²) in [6, 6.07) is 1.43. The highest BCUT2D eigenvalue weighted by Crippen LogP contribution is 2.26. The van der Waals surface area contributed by atoms with Crippen molar-refractivity contribution in [2.45, 2.75) is 77.8 Å². The van der Waals surface area contributed by atoms with E-state index in [2.05, 4.69) is 45.1 Å². The summed E-state index contributed by atoms with van der Waals surface area (Å²) in [5.41, 5.74) is 0. The lowest BCUT2D eigenvalue weighted by Crippen LogP contribution is -2.44. The van der Waals surface area contributed by atoms with Crippen LogP contribution in [-0.4, -0.2) is 37.6 Å². The zero-order chi connectivity index (χ0) is 14.3. The second-order valence-corrected chi connectivity index (χ2v) is 7.04. The maximum absolute atomic E-state index is 3.85. The Kier molecular flexibility index (Phi) is 8.01. The molecule has 1 aliphatic rings. The van der Waals surface area contributed by atoms with Gasteiger partial charge >= 0.3 is 0 Å². The van der Waals surface area contributed by atoms with Crippen LogP contribution in [0.5, 0.6) is 0 Å². The Hall–Kier alpha value is -0.0800. The fourth-order valence-electron chi connectivity index (χ4n) is 3.58. The van der Waals surface area contributed by atoms with Gasteiger partial charge in [0.05, 0.1) is 0 Å². The Morgan fingerprint density at radius 2 is 1.84 bits per heavy atom. The molecule has 1 aliphatic carbocycles. The molecule has 0 aliphatic heterocycles. The van der Waals surface area contributed by atoms with Crippen LogP contribution in [0.4, 0.5) is 0 Å². The van der Waals surface area contributed by atoms with Crippen LogP contribution in [-0.2, 0) is 0 Å². The average Bonchev–Trinajstić information content (AvgIpc) is 2.55. The van der Waals surface area contributed by atoms with E-state index in [9.17, 15) is 0 Å². The van der Waals surface area contributed by atoms with Gasteiger partial charge in [0.1, 0.15) is 0 Å². The lowest BCUT2D eigenvalue weighted by Gasteiger charge is -2.30. The number of nitrogens with zero attached hydrogens (tertiary/aromatic N) is 1. The van der Waals surface area contributed by atoms with Crippen LogP contribution in [0.25, 0.3) is 0 Å². The molecule has 0 bridgehead atoms. The Morgan fingerprint density at radius 3 is 2.42 bits per heavy atom. The fourth-order valence-corrected chi connectivity index (χ4v) is 3.58. The third kappa shape index (κ3) is 6.27. The van der Waals surface area contributed by atoms with E-state index in [1.54, 1.807) is 0 Å². The molecular weight excluding hydrogens is 232 g/mol. The molecule has 0 heterocycles. The fraction of sp³-hybridized carbons (Fsp3) is 1.00. The molecule has 0 aromatic heterocycles. The molecule has 0 aromatic rings. The van der Waals surface area contributed by atoms with Crippen LogP contribution < -0.4 is 5.32 Å². The highest BCUT2D eigenvalue weighted by atomic mass is 15.1. The second-order valence-electron chi connectivity index (χ2n) is 7.04. The Morgan fingerprint density at radius 1 is 1.11 bits per heavy atom. The molecule has 1 saturated carbocycles. The summed E-state index contributed by atoms with van der Waals surface area (Å²) in [7, 11) is 4.41. The summed E-state index contributed by atoms with van der Waals surface area (Å²) in [6.45, 7) is 8.13. The third-order valence-electron chi connectivity index (χ3n) is 4.83. The monoisotopic (exact) mass is 268 g/mol. The SMILES string of the molecule is CCCC1CCCC(NCC(C(C)C)N(C)C)CC1. The van der Waals surface area contributed by atoms with Gasteiger partial charge in [0.2, 0.25) is 0 Å². The van der Waals surface area contributed by atoms with Gasteiger partial charge < -0.3 is 10.2 Å². The van der Waals surface area contributed by atoms with Crippen molar-refractivity contribution in [2.24, 2.45) is 11.8 Å². The molecule has 1 N–H and O–H groups in total. The van der Waals surface area contributed by atoms with Crippen molar-refractivity contribution in [2.75, 3.05) is 20.6 Å². The predicted octanol–water partition coefficient (Wildman–Crippen LogP) is 3.91. The van der Waals surface area contributed by atoms with Gasteiger partial charge in [-0.25, -0.2) is 0 Å². The van der Waals surface area contributed by atoms with Gasteiger partial charge in [-0.15, -0.1) is 0 Å². The first-order valence-corrected chi connectivity index (χ1v) is 8.44. The van der Waals surface area contributed by atoms with E-state index in [-0.39, 0.29) is 0 Å². The van der Waals surface area contributed by atoms with E-state index >= 15 is 0 Å². The van der Waals surface area contributed by atoms with Crippen LogP contribution in [0.2, 0.25) is 0 Å². The van der Waals surface area contributed by atoms with E-state index in [1.165, 1.54) is 44.9 Å². The average molecular weight is 268 g/mol. The number of nitrogens with one attached hydrogen (secondary N) is 1. The minimum Gasteiger partial charge on any atom is -0.312 e. The highest BCUT2D eigenvalue weighted by molar-refractivity contribution is 4.79. The van der Waals surface area contributed by atoms with Gasteiger partial charge in [-0.1, -0.05) is 46.5 Å². The summed E-state index contributed by atoms with van der Waals surface area (Å²) in [4.78, 5) is 2.37. The molecule has 1 fully saturated rings. The maximum atomic E-state index is 3.85. The summed E-state index contributed by atoms with van der Waals surface area (Å²) in [5, 5.41) is 3.85. The van der Waals surface area contributed by atoms with Gasteiger partial charge in [0.15, 0.2) is 0 Å². The molecule has 2 heteroatoms. The predicted molar refractivity (Wildman–Crippen MR) is 85.6 cm³/mol. The minimum absolute atomic E-state index is 0.662. The summed E-state index contributed by atoms with van der Waals surface area (Å²) < 4.78 is 0. The van der Waals surface area contributed by atoms with Gasteiger partial charge in [-0.3, -0.25) is 0 Å². The number of likely N-dealkylation sites (N-methyl/N-ethyl adjacent to an activating group) is 1. The van der Waals surface area contributed by atoms with Gasteiger partial charge in [0, 0.05) is 18.6 Å². The molecule has 0 radical (unpaired) electrons. The van der Waals surface area contributed by atoms with E-state index in [4.69, 9.17) is 0 Å². The molecule has 0 amide bonds. The van der Waals surface area contributed by atoms with Crippen LogP contribution in [0.15, 0.2) is 0 Å². The molecule has 114 valence electrons. The number of hydrogen-bond acceptors (Lipinski definition) is 2. The largest absolute Gasteiger partial charge is 0.312 e. The quantitative estimate of drug-likeness (QED) is 0.704. The summed E-state index contributed by atoms with van der Waals surface area (Å²) in [6.07, 6.45) is 9.92. The van der Waals surface area contributed by atoms with Crippen molar-refractivity contribution in [3.8, 4) is 0 Å². The van der Waals surface area contributed by atoms with Crippen molar-refractivity contribution >= 4 is 0 Å². The molecule has 0 aromatic carbocycles. The standard InChI is InChI=1S/C17H36N2/c1-6-8-15-9-7-10-16(12-11-15)18-13-17(14(2)3)19(4)5/h14-18H,6-13H2,1-5H3. The maximum Gasteiger partial charge on any atom is 0.0237 e. The topological polar surface area (TPSA) is 15.3 Å². The molecular formula is C17H36N2.